The Morgan fingerprint density at radius 1 is 1.00 bits per heavy atom. The van der Waals surface area contributed by atoms with Gasteiger partial charge in [-0.2, -0.15) is 9.78 Å². The minimum Gasteiger partial charge on any atom is -0.356 e. The zero-order valence-corrected chi connectivity index (χ0v) is 19.8. The predicted molar refractivity (Wildman–Crippen MR) is 132 cm³/mol. The first-order valence-corrected chi connectivity index (χ1v) is 12.2. The molecule has 1 aromatic carbocycles. The number of para-hydroxylation sites is 1. The Morgan fingerprint density at radius 3 is 2.52 bits per heavy atom. The summed E-state index contributed by atoms with van der Waals surface area (Å²) in [6.45, 7) is 8.91. The Bertz CT molecular complexity index is 1140. The first-order chi connectivity index (χ1) is 16.1. The fourth-order valence-corrected chi connectivity index (χ4v) is 4.90. The molecule has 3 aromatic rings. The number of aryl methyl sites for hydroxylation is 2. The number of fused-ring (bicyclic) bond motifs is 1. The Labute approximate surface area is 195 Å². The summed E-state index contributed by atoms with van der Waals surface area (Å²) in [5.74, 6) is 0.105. The molecule has 0 atom stereocenters. The van der Waals surface area contributed by atoms with E-state index < -0.39 is 0 Å². The van der Waals surface area contributed by atoms with Crippen LogP contribution in [0.5, 0.6) is 0 Å². The molecule has 1 aliphatic heterocycles. The molecule has 1 saturated heterocycles. The third kappa shape index (κ3) is 5.36. The van der Waals surface area contributed by atoms with Gasteiger partial charge in [-0.25, -0.2) is 0 Å². The molecule has 1 N–H and O–H groups in total. The van der Waals surface area contributed by atoms with Crippen LogP contribution in [0, 0.1) is 13.8 Å². The Kier molecular flexibility index (Phi) is 7.60. The number of piperidine rings is 1. The molecule has 0 radical (unpaired) electrons. The van der Waals surface area contributed by atoms with Crippen molar-refractivity contribution in [2.24, 2.45) is 0 Å². The van der Waals surface area contributed by atoms with E-state index in [4.69, 9.17) is 0 Å². The van der Waals surface area contributed by atoms with Gasteiger partial charge in [0.05, 0.1) is 17.3 Å². The molecule has 0 aliphatic carbocycles. The number of amides is 1. The number of nitrogens with zero attached hydrogens (tertiary/aromatic N) is 4. The van der Waals surface area contributed by atoms with Gasteiger partial charge >= 0.3 is 0 Å². The van der Waals surface area contributed by atoms with Gasteiger partial charge in [0.15, 0.2) is 0 Å². The maximum atomic E-state index is 13.2. The molecule has 0 unspecified atom stereocenters. The maximum absolute atomic E-state index is 13.2. The number of nitrogens with one attached hydrogen (secondary N) is 1. The zero-order valence-electron chi connectivity index (χ0n) is 19.8. The number of rotatable bonds is 9. The molecule has 33 heavy (non-hydrogen) atoms. The van der Waals surface area contributed by atoms with E-state index in [-0.39, 0.29) is 11.5 Å². The SMILES string of the molecule is Cc1c2cnn(-c3ccccc3)c(=O)c2c(C)n1CCCC(=O)NCCCN1CCCCC1. The van der Waals surface area contributed by atoms with Gasteiger partial charge in [-0.3, -0.25) is 9.59 Å². The first-order valence-electron chi connectivity index (χ1n) is 12.2. The minimum absolute atomic E-state index is 0.105. The van der Waals surface area contributed by atoms with Crippen molar-refractivity contribution in [1.29, 1.82) is 0 Å². The molecular weight excluding hydrogens is 414 g/mol. The quantitative estimate of drug-likeness (QED) is 0.507. The third-order valence-corrected chi connectivity index (χ3v) is 6.75. The Balaban J connectivity index is 1.33. The highest BCUT2D eigenvalue weighted by atomic mass is 16.1. The van der Waals surface area contributed by atoms with Gasteiger partial charge in [0.1, 0.15) is 0 Å². The Hall–Kier alpha value is -2.93. The third-order valence-electron chi connectivity index (χ3n) is 6.75. The highest BCUT2D eigenvalue weighted by molar-refractivity contribution is 5.87. The molecule has 4 rings (SSSR count). The number of aromatic nitrogens is 3. The second kappa shape index (κ2) is 10.8. The van der Waals surface area contributed by atoms with Crippen molar-refractivity contribution in [3.05, 3.63) is 58.3 Å². The lowest BCUT2D eigenvalue weighted by atomic mass is 10.1. The Morgan fingerprint density at radius 2 is 1.76 bits per heavy atom. The summed E-state index contributed by atoms with van der Waals surface area (Å²) >= 11 is 0. The van der Waals surface area contributed by atoms with Crippen molar-refractivity contribution < 1.29 is 4.79 Å². The minimum atomic E-state index is -0.107. The van der Waals surface area contributed by atoms with Crippen LogP contribution in [-0.4, -0.2) is 51.3 Å². The molecular formula is C26H35N5O2. The molecule has 0 bridgehead atoms. The number of hydrogen-bond acceptors (Lipinski definition) is 4. The highest BCUT2D eigenvalue weighted by Gasteiger charge is 2.17. The van der Waals surface area contributed by atoms with E-state index in [0.717, 1.165) is 48.4 Å². The van der Waals surface area contributed by atoms with Crippen molar-refractivity contribution >= 4 is 16.7 Å². The van der Waals surface area contributed by atoms with Gasteiger partial charge in [-0.05, 0) is 71.3 Å². The van der Waals surface area contributed by atoms with Crippen molar-refractivity contribution in [3.63, 3.8) is 0 Å². The lowest BCUT2D eigenvalue weighted by molar-refractivity contribution is -0.121. The lowest BCUT2D eigenvalue weighted by Gasteiger charge is -2.26. The summed E-state index contributed by atoms with van der Waals surface area (Å²) in [6, 6.07) is 9.48. The second-order valence-corrected chi connectivity index (χ2v) is 9.02. The molecule has 1 amide bonds. The average Bonchev–Trinajstić information content (AvgIpc) is 3.08. The number of carbonyl (C=O) groups excluding carboxylic acids is 1. The van der Waals surface area contributed by atoms with Crippen molar-refractivity contribution in [1.82, 2.24) is 24.6 Å². The molecule has 7 nitrogen and oxygen atoms in total. The van der Waals surface area contributed by atoms with E-state index in [9.17, 15) is 9.59 Å². The first kappa shape index (κ1) is 23.2. The van der Waals surface area contributed by atoms with Crippen molar-refractivity contribution in [2.75, 3.05) is 26.2 Å². The molecule has 2 aromatic heterocycles. The van der Waals surface area contributed by atoms with Crippen LogP contribution in [0.4, 0.5) is 0 Å². The molecule has 1 aliphatic rings. The van der Waals surface area contributed by atoms with Gasteiger partial charge in [0.25, 0.3) is 5.56 Å². The molecule has 0 saturated carbocycles. The van der Waals surface area contributed by atoms with Gasteiger partial charge < -0.3 is 14.8 Å². The summed E-state index contributed by atoms with van der Waals surface area (Å²) in [5, 5.41) is 9.04. The predicted octanol–water partition coefficient (Wildman–Crippen LogP) is 3.58. The summed E-state index contributed by atoms with van der Waals surface area (Å²) in [5.41, 5.74) is 2.60. The van der Waals surface area contributed by atoms with E-state index in [1.165, 1.54) is 37.0 Å². The summed E-state index contributed by atoms with van der Waals surface area (Å²) in [4.78, 5) is 28.0. The van der Waals surface area contributed by atoms with Gasteiger partial charge in [-0.1, -0.05) is 24.6 Å². The van der Waals surface area contributed by atoms with Crippen molar-refractivity contribution in [2.45, 2.75) is 58.9 Å². The van der Waals surface area contributed by atoms with E-state index in [0.29, 0.717) is 18.4 Å². The second-order valence-electron chi connectivity index (χ2n) is 9.02. The van der Waals surface area contributed by atoms with Gasteiger partial charge in [-0.15, -0.1) is 0 Å². The number of hydrogen-bond donors (Lipinski definition) is 1. The number of carbonyl (C=O) groups is 1. The van der Waals surface area contributed by atoms with Crippen LogP contribution in [0.1, 0.15) is 49.9 Å². The van der Waals surface area contributed by atoms with E-state index >= 15 is 0 Å². The van der Waals surface area contributed by atoms with Crippen molar-refractivity contribution in [3.8, 4) is 5.69 Å². The normalized spacial score (nSPS) is 14.6. The largest absolute Gasteiger partial charge is 0.356 e. The fourth-order valence-electron chi connectivity index (χ4n) is 4.90. The average molecular weight is 450 g/mol. The molecule has 3 heterocycles. The van der Waals surface area contributed by atoms with E-state index in [1.807, 2.05) is 44.2 Å². The monoisotopic (exact) mass is 449 g/mol. The topological polar surface area (TPSA) is 72.2 Å². The number of benzene rings is 1. The fraction of sp³-hybridized carbons (Fsp3) is 0.500. The molecule has 0 spiro atoms. The molecule has 176 valence electrons. The maximum Gasteiger partial charge on any atom is 0.281 e. The zero-order chi connectivity index (χ0) is 23.2. The van der Waals surface area contributed by atoms with Crippen LogP contribution >= 0.6 is 0 Å². The van der Waals surface area contributed by atoms with Crippen LogP contribution in [0.3, 0.4) is 0 Å². The van der Waals surface area contributed by atoms with Gasteiger partial charge in [0, 0.05) is 36.3 Å². The smallest absolute Gasteiger partial charge is 0.281 e. The van der Waals surface area contributed by atoms with Crippen LogP contribution < -0.4 is 10.9 Å². The summed E-state index contributed by atoms with van der Waals surface area (Å²) < 4.78 is 3.60. The lowest BCUT2D eigenvalue weighted by Crippen LogP contribution is -2.33. The van der Waals surface area contributed by atoms with Crippen LogP contribution in [0.2, 0.25) is 0 Å². The standard InChI is InChI=1S/C26H35N5O2/c1-20-23-19-28-31(22-11-5-3-6-12-22)26(33)25(23)21(2)30(20)18-9-13-24(32)27-14-10-17-29-15-7-4-8-16-29/h3,5-6,11-12,19H,4,7-10,13-18H2,1-2H3,(H,27,32). The van der Waals surface area contributed by atoms with Gasteiger partial charge in [0.2, 0.25) is 5.91 Å². The van der Waals surface area contributed by atoms with E-state index in [2.05, 4.69) is 19.9 Å². The van der Waals surface area contributed by atoms with E-state index in [1.54, 1.807) is 6.20 Å². The molecule has 7 heteroatoms. The van der Waals surface area contributed by atoms with Crippen LogP contribution in [-0.2, 0) is 11.3 Å². The highest BCUT2D eigenvalue weighted by Crippen LogP contribution is 2.23. The number of likely N-dealkylation sites (tertiary alicyclic amines) is 1. The summed E-state index contributed by atoms with van der Waals surface area (Å²) in [7, 11) is 0. The summed E-state index contributed by atoms with van der Waals surface area (Å²) in [6.07, 6.45) is 7.96. The van der Waals surface area contributed by atoms with Crippen LogP contribution in [0.25, 0.3) is 16.5 Å². The van der Waals surface area contributed by atoms with Crippen LogP contribution in [0.15, 0.2) is 41.3 Å². The molecule has 1 fully saturated rings.